The van der Waals surface area contributed by atoms with Gasteiger partial charge in [-0.2, -0.15) is 0 Å². The monoisotopic (exact) mass is 540 g/mol. The van der Waals surface area contributed by atoms with Gasteiger partial charge in [-0.25, -0.2) is 4.79 Å². The van der Waals surface area contributed by atoms with Crippen LogP contribution in [0, 0.1) is 6.92 Å². The number of fused-ring (bicyclic) bond motifs is 1. The molecule has 0 bridgehead atoms. The average molecular weight is 541 g/mol. The number of ether oxygens (including phenoxy) is 1. The zero-order valence-corrected chi connectivity index (χ0v) is 24.8. The molecule has 0 saturated heterocycles. The zero-order valence-electron chi connectivity index (χ0n) is 24.8. The first-order valence-electron chi connectivity index (χ1n) is 13.7. The lowest BCUT2D eigenvalue weighted by molar-refractivity contribution is -0.152. The van der Waals surface area contributed by atoms with Crippen molar-refractivity contribution < 1.29 is 19.4 Å². The first kappa shape index (κ1) is 28.9. The van der Waals surface area contributed by atoms with E-state index in [9.17, 15) is 14.7 Å². The quantitative estimate of drug-likeness (QED) is 0.250. The van der Waals surface area contributed by atoms with Gasteiger partial charge in [-0.1, -0.05) is 63.2 Å². The maximum atomic E-state index is 13.3. The highest BCUT2D eigenvalue weighted by Crippen LogP contribution is 2.30. The van der Waals surface area contributed by atoms with Gasteiger partial charge in [0.05, 0.1) is 6.04 Å². The van der Waals surface area contributed by atoms with Crippen LogP contribution in [0.15, 0.2) is 66.7 Å². The summed E-state index contributed by atoms with van der Waals surface area (Å²) >= 11 is 0. The summed E-state index contributed by atoms with van der Waals surface area (Å²) < 4.78 is 7.77. The molecule has 0 aliphatic carbocycles. The standard InChI is InChI=1S/C34H40N2O4/c1-21(24-10-9-11-26(19-24)33(3,4)5)35-31(37)25-14-17-28-29(22(2)36(8)30(28)20-25)18-23-12-15-27(16-13-23)40-34(6,7)32(38)39/h9-17,19-21H,18H2,1-8H3,(H,35,37)(H,38,39)/t21-/m0/s1. The number of nitrogens with zero attached hydrogens (tertiary/aromatic N) is 1. The van der Waals surface area contributed by atoms with E-state index in [-0.39, 0.29) is 17.4 Å². The fourth-order valence-electron chi connectivity index (χ4n) is 4.86. The van der Waals surface area contributed by atoms with Gasteiger partial charge >= 0.3 is 5.97 Å². The molecule has 0 unspecified atom stereocenters. The Morgan fingerprint density at radius 1 is 0.975 bits per heavy atom. The molecule has 1 atom stereocenters. The summed E-state index contributed by atoms with van der Waals surface area (Å²) in [5.74, 6) is -0.600. The van der Waals surface area contributed by atoms with Gasteiger partial charge in [0, 0.05) is 29.2 Å². The number of carboxylic acid groups (broad SMARTS) is 1. The molecule has 210 valence electrons. The van der Waals surface area contributed by atoms with Crippen molar-refractivity contribution in [2.24, 2.45) is 7.05 Å². The van der Waals surface area contributed by atoms with Crippen LogP contribution in [0.2, 0.25) is 0 Å². The number of hydrogen-bond donors (Lipinski definition) is 2. The van der Waals surface area contributed by atoms with Crippen molar-refractivity contribution in [3.05, 3.63) is 100 Å². The van der Waals surface area contributed by atoms with Crippen LogP contribution in [-0.4, -0.2) is 27.2 Å². The minimum absolute atomic E-state index is 0.0416. The van der Waals surface area contributed by atoms with Crippen molar-refractivity contribution in [3.63, 3.8) is 0 Å². The molecule has 1 amide bonds. The lowest BCUT2D eigenvalue weighted by Crippen LogP contribution is -2.37. The Bertz CT molecular complexity index is 1560. The molecule has 0 aliphatic heterocycles. The molecule has 0 aliphatic rings. The number of hydrogen-bond acceptors (Lipinski definition) is 3. The van der Waals surface area contributed by atoms with Crippen molar-refractivity contribution in [3.8, 4) is 5.75 Å². The highest BCUT2D eigenvalue weighted by molar-refractivity contribution is 5.99. The molecule has 0 radical (unpaired) electrons. The Kier molecular flexibility index (Phi) is 7.84. The molecule has 6 nitrogen and oxygen atoms in total. The van der Waals surface area contributed by atoms with Gasteiger partial charge < -0.3 is 19.7 Å². The largest absolute Gasteiger partial charge is 0.478 e. The Hall–Kier alpha value is -4.06. The molecule has 40 heavy (non-hydrogen) atoms. The van der Waals surface area contributed by atoms with Gasteiger partial charge in [0.25, 0.3) is 5.91 Å². The number of aromatic nitrogens is 1. The third-order valence-corrected chi connectivity index (χ3v) is 7.68. The van der Waals surface area contributed by atoms with E-state index in [1.807, 2.05) is 44.3 Å². The predicted molar refractivity (Wildman–Crippen MR) is 160 cm³/mol. The maximum absolute atomic E-state index is 13.3. The van der Waals surface area contributed by atoms with Gasteiger partial charge in [0.2, 0.25) is 0 Å². The van der Waals surface area contributed by atoms with Crippen LogP contribution >= 0.6 is 0 Å². The third kappa shape index (κ3) is 6.06. The molecule has 1 heterocycles. The van der Waals surface area contributed by atoms with Crippen LogP contribution in [-0.2, 0) is 23.7 Å². The predicted octanol–water partition coefficient (Wildman–Crippen LogP) is 7.11. The van der Waals surface area contributed by atoms with E-state index >= 15 is 0 Å². The normalized spacial score (nSPS) is 12.8. The lowest BCUT2D eigenvalue weighted by Gasteiger charge is -2.22. The number of benzene rings is 3. The fraction of sp³-hybridized carbons (Fsp3) is 0.353. The van der Waals surface area contributed by atoms with Crippen molar-refractivity contribution >= 4 is 22.8 Å². The first-order chi connectivity index (χ1) is 18.7. The summed E-state index contributed by atoms with van der Waals surface area (Å²) in [6.07, 6.45) is 0.707. The Morgan fingerprint density at radius 2 is 1.65 bits per heavy atom. The second-order valence-corrected chi connectivity index (χ2v) is 12.2. The van der Waals surface area contributed by atoms with Crippen LogP contribution in [0.4, 0.5) is 0 Å². The van der Waals surface area contributed by atoms with Gasteiger partial charge in [0.1, 0.15) is 5.75 Å². The van der Waals surface area contributed by atoms with Gasteiger partial charge in [-0.3, -0.25) is 4.79 Å². The van der Waals surface area contributed by atoms with Crippen LogP contribution in [0.1, 0.15) is 85.9 Å². The van der Waals surface area contributed by atoms with E-state index in [0.717, 1.165) is 27.7 Å². The third-order valence-electron chi connectivity index (χ3n) is 7.68. The van der Waals surface area contributed by atoms with Gasteiger partial charge in [-0.15, -0.1) is 0 Å². The zero-order chi connectivity index (χ0) is 29.4. The number of carbonyl (C=O) groups is 2. The van der Waals surface area contributed by atoms with Crippen molar-refractivity contribution in [1.29, 1.82) is 0 Å². The molecule has 1 aromatic heterocycles. The Labute approximate surface area is 237 Å². The summed E-state index contributed by atoms with van der Waals surface area (Å²) in [7, 11) is 2.02. The molecule has 0 fully saturated rings. The molecular weight excluding hydrogens is 500 g/mol. The first-order valence-corrected chi connectivity index (χ1v) is 13.7. The van der Waals surface area contributed by atoms with Crippen molar-refractivity contribution in [1.82, 2.24) is 9.88 Å². The van der Waals surface area contributed by atoms with E-state index < -0.39 is 11.6 Å². The summed E-state index contributed by atoms with van der Waals surface area (Å²) in [4.78, 5) is 24.6. The minimum atomic E-state index is -1.30. The smallest absolute Gasteiger partial charge is 0.347 e. The van der Waals surface area contributed by atoms with E-state index in [0.29, 0.717) is 17.7 Å². The van der Waals surface area contributed by atoms with E-state index in [2.05, 4.69) is 61.8 Å². The van der Waals surface area contributed by atoms with Crippen LogP contribution in [0.25, 0.3) is 10.9 Å². The topological polar surface area (TPSA) is 80.6 Å². The molecular formula is C34H40N2O4. The summed E-state index contributed by atoms with van der Waals surface area (Å²) in [5.41, 5.74) is 6.11. The van der Waals surface area contributed by atoms with E-state index in [4.69, 9.17) is 4.74 Å². The highest BCUT2D eigenvalue weighted by atomic mass is 16.5. The molecule has 0 spiro atoms. The van der Waals surface area contributed by atoms with Gasteiger partial charge in [0.15, 0.2) is 5.60 Å². The number of carboxylic acids is 1. The van der Waals surface area contributed by atoms with Crippen molar-refractivity contribution in [2.75, 3.05) is 0 Å². The minimum Gasteiger partial charge on any atom is -0.478 e. The molecule has 6 heteroatoms. The SMILES string of the molecule is Cc1c(Cc2ccc(OC(C)(C)C(=O)O)cc2)c2ccc(C(=O)N[C@@H](C)c3cccc(C(C)(C)C)c3)cc2n1C. The number of carbonyl (C=O) groups excluding carboxylic acids is 1. The average Bonchev–Trinajstić information content (AvgIpc) is 3.13. The summed E-state index contributed by atoms with van der Waals surface area (Å²) in [5, 5.41) is 13.6. The molecule has 2 N–H and O–H groups in total. The Morgan fingerprint density at radius 3 is 2.27 bits per heavy atom. The van der Waals surface area contributed by atoms with Crippen LogP contribution < -0.4 is 10.1 Å². The maximum Gasteiger partial charge on any atom is 0.347 e. The number of aryl methyl sites for hydroxylation is 1. The van der Waals surface area contributed by atoms with Crippen molar-refractivity contribution in [2.45, 2.75) is 71.9 Å². The van der Waals surface area contributed by atoms with Gasteiger partial charge in [-0.05, 0) is 86.1 Å². The Balaban J connectivity index is 1.53. The molecule has 4 aromatic rings. The fourth-order valence-corrected chi connectivity index (χ4v) is 4.86. The summed E-state index contributed by atoms with van der Waals surface area (Å²) in [6, 6.07) is 21.7. The highest BCUT2D eigenvalue weighted by Gasteiger charge is 2.29. The number of nitrogens with one attached hydrogen (secondary N) is 1. The van der Waals surface area contributed by atoms with Crippen LogP contribution in [0.3, 0.4) is 0 Å². The lowest BCUT2D eigenvalue weighted by atomic mass is 9.85. The molecule has 0 saturated carbocycles. The second kappa shape index (κ2) is 10.8. The van der Waals surface area contributed by atoms with E-state index in [1.165, 1.54) is 25.0 Å². The van der Waals surface area contributed by atoms with Crippen LogP contribution in [0.5, 0.6) is 5.75 Å². The number of aliphatic carboxylic acids is 1. The number of rotatable bonds is 8. The van der Waals surface area contributed by atoms with E-state index in [1.54, 1.807) is 12.1 Å². The molecule has 4 rings (SSSR count). The molecule has 3 aromatic carbocycles. The number of amides is 1. The second-order valence-electron chi connectivity index (χ2n) is 12.2. The summed E-state index contributed by atoms with van der Waals surface area (Å²) in [6.45, 7) is 13.7.